The standard InChI is InChI=1S/C12H16S/c1-3-11(2)9-10-13-12-7-5-4-6-8-12/h3-8H,9-10H2,1-2H3. The molecule has 1 heteroatoms. The summed E-state index contributed by atoms with van der Waals surface area (Å²) in [7, 11) is 0. The van der Waals surface area contributed by atoms with Gasteiger partial charge >= 0.3 is 0 Å². The number of thioether (sulfide) groups is 1. The Hall–Kier alpha value is -0.690. The molecule has 0 aliphatic heterocycles. The highest BCUT2D eigenvalue weighted by atomic mass is 32.2. The van der Waals surface area contributed by atoms with Crippen LogP contribution < -0.4 is 0 Å². The van der Waals surface area contributed by atoms with Gasteiger partial charge in [-0.1, -0.05) is 29.8 Å². The van der Waals surface area contributed by atoms with Gasteiger partial charge in [-0.3, -0.25) is 0 Å². The van der Waals surface area contributed by atoms with Gasteiger partial charge in [0.05, 0.1) is 0 Å². The fraction of sp³-hybridized carbons (Fsp3) is 0.333. The lowest BCUT2D eigenvalue weighted by Gasteiger charge is -2.00. The summed E-state index contributed by atoms with van der Waals surface area (Å²) in [4.78, 5) is 1.37. The fourth-order valence-electron chi connectivity index (χ4n) is 0.991. The molecular formula is C12H16S. The molecule has 0 N–H and O–H groups in total. The molecule has 0 heterocycles. The SMILES string of the molecule is CC=C(C)CCSc1ccccc1. The third-order valence-electron chi connectivity index (χ3n) is 2.00. The van der Waals surface area contributed by atoms with Crippen LogP contribution in [0.4, 0.5) is 0 Å². The summed E-state index contributed by atoms with van der Waals surface area (Å²) < 4.78 is 0. The summed E-state index contributed by atoms with van der Waals surface area (Å²) >= 11 is 1.92. The van der Waals surface area contributed by atoms with Crippen LogP contribution in [0.25, 0.3) is 0 Å². The molecule has 1 aromatic rings. The molecule has 0 radical (unpaired) electrons. The lowest BCUT2D eigenvalue weighted by atomic mass is 10.2. The first kappa shape index (κ1) is 10.4. The average Bonchev–Trinajstić information content (AvgIpc) is 2.19. The molecule has 1 aromatic carbocycles. The van der Waals surface area contributed by atoms with Gasteiger partial charge in [-0.2, -0.15) is 0 Å². The first-order chi connectivity index (χ1) is 6.33. The lowest BCUT2D eigenvalue weighted by Crippen LogP contribution is -1.81. The van der Waals surface area contributed by atoms with Gasteiger partial charge in [0.25, 0.3) is 0 Å². The molecule has 1 rings (SSSR count). The first-order valence-electron chi connectivity index (χ1n) is 4.62. The van der Waals surface area contributed by atoms with Crippen molar-refractivity contribution in [1.29, 1.82) is 0 Å². The van der Waals surface area contributed by atoms with E-state index < -0.39 is 0 Å². The smallest absolute Gasteiger partial charge is 0.00720 e. The minimum absolute atomic E-state index is 1.18. The van der Waals surface area contributed by atoms with Crippen LogP contribution in [0.15, 0.2) is 46.9 Å². The highest BCUT2D eigenvalue weighted by molar-refractivity contribution is 7.99. The van der Waals surface area contributed by atoms with E-state index >= 15 is 0 Å². The van der Waals surface area contributed by atoms with E-state index in [0.717, 1.165) is 0 Å². The minimum atomic E-state index is 1.18. The topological polar surface area (TPSA) is 0 Å². The lowest BCUT2D eigenvalue weighted by molar-refractivity contribution is 1.10. The van der Waals surface area contributed by atoms with Crippen molar-refractivity contribution in [2.45, 2.75) is 25.2 Å². The second-order valence-corrected chi connectivity index (χ2v) is 4.21. The molecule has 0 fully saturated rings. The van der Waals surface area contributed by atoms with E-state index in [0.29, 0.717) is 0 Å². The fourth-order valence-corrected chi connectivity index (χ4v) is 2.00. The maximum atomic E-state index is 2.19. The molecule has 0 nitrogen and oxygen atoms in total. The number of benzene rings is 1. The molecule has 0 unspecified atom stereocenters. The van der Waals surface area contributed by atoms with Crippen molar-refractivity contribution in [1.82, 2.24) is 0 Å². The van der Waals surface area contributed by atoms with Gasteiger partial charge in [0.15, 0.2) is 0 Å². The molecule has 13 heavy (non-hydrogen) atoms. The Morgan fingerprint density at radius 2 is 2.00 bits per heavy atom. The second-order valence-electron chi connectivity index (χ2n) is 3.05. The van der Waals surface area contributed by atoms with E-state index in [2.05, 4.69) is 50.3 Å². The van der Waals surface area contributed by atoms with Gasteiger partial charge < -0.3 is 0 Å². The van der Waals surface area contributed by atoms with Crippen molar-refractivity contribution in [3.63, 3.8) is 0 Å². The number of rotatable bonds is 4. The van der Waals surface area contributed by atoms with Gasteiger partial charge in [0.2, 0.25) is 0 Å². The van der Waals surface area contributed by atoms with Crippen molar-refractivity contribution in [3.05, 3.63) is 42.0 Å². The van der Waals surface area contributed by atoms with Gasteiger partial charge in [-0.05, 0) is 32.4 Å². The Morgan fingerprint density at radius 1 is 1.31 bits per heavy atom. The normalized spacial score (nSPS) is 11.7. The Kier molecular flexibility index (Phi) is 4.69. The van der Waals surface area contributed by atoms with E-state index in [9.17, 15) is 0 Å². The van der Waals surface area contributed by atoms with Crippen molar-refractivity contribution >= 4 is 11.8 Å². The molecule has 0 amide bonds. The maximum absolute atomic E-state index is 2.19. The summed E-state index contributed by atoms with van der Waals surface area (Å²) in [6.45, 7) is 4.29. The number of allylic oxidation sites excluding steroid dienone is 2. The maximum Gasteiger partial charge on any atom is 0.00720 e. The number of hydrogen-bond acceptors (Lipinski definition) is 1. The minimum Gasteiger partial charge on any atom is -0.126 e. The predicted octanol–water partition coefficient (Wildman–Crippen LogP) is 4.14. The molecule has 0 atom stereocenters. The first-order valence-corrected chi connectivity index (χ1v) is 5.61. The van der Waals surface area contributed by atoms with Crippen LogP contribution in [0.3, 0.4) is 0 Å². The quantitative estimate of drug-likeness (QED) is 0.510. The Balaban J connectivity index is 2.28. The number of hydrogen-bond donors (Lipinski definition) is 0. The highest BCUT2D eigenvalue weighted by Gasteiger charge is 1.92. The molecule has 0 aromatic heterocycles. The summed E-state index contributed by atoms with van der Waals surface area (Å²) in [5.41, 5.74) is 1.48. The van der Waals surface area contributed by atoms with Gasteiger partial charge in [0.1, 0.15) is 0 Å². The second kappa shape index (κ2) is 5.87. The molecule has 0 spiro atoms. The molecule has 0 bridgehead atoms. The summed E-state index contributed by atoms with van der Waals surface area (Å²) in [5, 5.41) is 0. The summed E-state index contributed by atoms with van der Waals surface area (Å²) in [6.07, 6.45) is 3.38. The van der Waals surface area contributed by atoms with Gasteiger partial charge in [-0.15, -0.1) is 11.8 Å². The average molecular weight is 192 g/mol. The summed E-state index contributed by atoms with van der Waals surface area (Å²) in [6, 6.07) is 10.6. The Bertz CT molecular complexity index is 262. The predicted molar refractivity (Wildman–Crippen MR) is 61.2 cm³/mol. The van der Waals surface area contributed by atoms with Crippen LogP contribution in [-0.2, 0) is 0 Å². The Morgan fingerprint density at radius 3 is 2.62 bits per heavy atom. The van der Waals surface area contributed by atoms with Crippen LogP contribution in [-0.4, -0.2) is 5.75 Å². The van der Waals surface area contributed by atoms with Crippen LogP contribution in [0.2, 0.25) is 0 Å². The monoisotopic (exact) mass is 192 g/mol. The molecule has 0 aliphatic rings. The highest BCUT2D eigenvalue weighted by Crippen LogP contribution is 2.19. The summed E-state index contributed by atoms with van der Waals surface area (Å²) in [5.74, 6) is 1.18. The molecular weight excluding hydrogens is 176 g/mol. The van der Waals surface area contributed by atoms with Crippen molar-refractivity contribution in [3.8, 4) is 0 Å². The zero-order chi connectivity index (χ0) is 9.52. The van der Waals surface area contributed by atoms with Gasteiger partial charge in [0, 0.05) is 10.6 Å². The van der Waals surface area contributed by atoms with Crippen LogP contribution in [0.1, 0.15) is 20.3 Å². The molecule has 0 saturated carbocycles. The molecule has 0 saturated heterocycles. The van der Waals surface area contributed by atoms with E-state index in [1.807, 2.05) is 11.8 Å². The van der Waals surface area contributed by atoms with E-state index in [4.69, 9.17) is 0 Å². The van der Waals surface area contributed by atoms with E-state index in [1.54, 1.807) is 0 Å². The van der Waals surface area contributed by atoms with Crippen molar-refractivity contribution < 1.29 is 0 Å². The largest absolute Gasteiger partial charge is 0.126 e. The zero-order valence-electron chi connectivity index (χ0n) is 8.29. The van der Waals surface area contributed by atoms with Crippen LogP contribution in [0, 0.1) is 0 Å². The van der Waals surface area contributed by atoms with Crippen LogP contribution in [0.5, 0.6) is 0 Å². The van der Waals surface area contributed by atoms with Crippen LogP contribution >= 0.6 is 11.8 Å². The Labute approximate surface area is 85.1 Å². The molecule has 70 valence electrons. The van der Waals surface area contributed by atoms with Gasteiger partial charge in [-0.25, -0.2) is 0 Å². The van der Waals surface area contributed by atoms with Crippen molar-refractivity contribution in [2.24, 2.45) is 0 Å². The zero-order valence-corrected chi connectivity index (χ0v) is 9.10. The van der Waals surface area contributed by atoms with Crippen molar-refractivity contribution in [2.75, 3.05) is 5.75 Å². The van der Waals surface area contributed by atoms with E-state index in [1.165, 1.54) is 22.6 Å². The molecule has 0 aliphatic carbocycles. The third kappa shape index (κ3) is 4.18. The van der Waals surface area contributed by atoms with E-state index in [-0.39, 0.29) is 0 Å². The third-order valence-corrected chi connectivity index (χ3v) is 3.01.